The molecule has 2 heterocycles. The number of morpholine rings is 1. The van der Waals surface area contributed by atoms with E-state index in [4.69, 9.17) is 10.5 Å². The summed E-state index contributed by atoms with van der Waals surface area (Å²) in [6, 6.07) is 7.53. The minimum Gasteiger partial charge on any atom is -0.379 e. The highest BCUT2D eigenvalue weighted by atomic mass is 35.5. The molecule has 1 unspecified atom stereocenters. The molecular weight excluding hydrogens is 328 g/mol. The van der Waals surface area contributed by atoms with Crippen molar-refractivity contribution in [3.63, 3.8) is 0 Å². The maximum absolute atomic E-state index is 11.7. The van der Waals surface area contributed by atoms with Gasteiger partial charge in [0, 0.05) is 49.0 Å². The van der Waals surface area contributed by atoms with E-state index in [2.05, 4.69) is 27.0 Å². The van der Waals surface area contributed by atoms with Gasteiger partial charge in [-0.05, 0) is 31.2 Å². The fourth-order valence-electron chi connectivity index (χ4n) is 2.80. The number of fused-ring (bicyclic) bond motifs is 1. The van der Waals surface area contributed by atoms with Gasteiger partial charge in [-0.25, -0.2) is 0 Å². The lowest BCUT2D eigenvalue weighted by molar-refractivity contribution is -0.117. The average molecular weight is 353 g/mol. The third-order valence-electron chi connectivity index (χ3n) is 4.21. The molecule has 6 nitrogen and oxygen atoms in total. The highest BCUT2D eigenvalue weighted by Crippen LogP contribution is 2.21. The van der Waals surface area contributed by atoms with Gasteiger partial charge in [-0.2, -0.15) is 0 Å². The minimum absolute atomic E-state index is 0. The second-order valence-corrected chi connectivity index (χ2v) is 6.01. The maximum Gasteiger partial charge on any atom is 0.240 e. The molecular formula is C17H25ClN4O2. The van der Waals surface area contributed by atoms with Gasteiger partial charge in [0.15, 0.2) is 0 Å². The SMILES string of the molecule is CC(N)C(=O)Nc1ccc2c(ccn2CCN2CCOCC2)c1.Cl. The molecule has 132 valence electrons. The fraction of sp³-hybridized carbons (Fsp3) is 0.471. The zero-order chi connectivity index (χ0) is 16.2. The Balaban J connectivity index is 0.00000208. The van der Waals surface area contributed by atoms with Crippen LogP contribution >= 0.6 is 12.4 Å². The molecule has 3 rings (SSSR count). The largest absolute Gasteiger partial charge is 0.379 e. The van der Waals surface area contributed by atoms with Crippen LogP contribution in [0.3, 0.4) is 0 Å². The van der Waals surface area contributed by atoms with E-state index in [9.17, 15) is 4.79 Å². The number of carbonyl (C=O) groups is 1. The van der Waals surface area contributed by atoms with Crippen LogP contribution in [0.5, 0.6) is 0 Å². The Labute approximate surface area is 148 Å². The zero-order valence-electron chi connectivity index (χ0n) is 13.9. The quantitative estimate of drug-likeness (QED) is 0.858. The van der Waals surface area contributed by atoms with Crippen molar-refractivity contribution in [3.05, 3.63) is 30.5 Å². The van der Waals surface area contributed by atoms with Crippen molar-refractivity contribution in [2.45, 2.75) is 19.5 Å². The first-order valence-electron chi connectivity index (χ1n) is 8.09. The molecule has 1 aliphatic heterocycles. The van der Waals surface area contributed by atoms with Crippen molar-refractivity contribution in [3.8, 4) is 0 Å². The molecule has 7 heteroatoms. The number of hydrogen-bond acceptors (Lipinski definition) is 4. The van der Waals surface area contributed by atoms with Crippen LogP contribution < -0.4 is 11.1 Å². The van der Waals surface area contributed by atoms with E-state index < -0.39 is 6.04 Å². The summed E-state index contributed by atoms with van der Waals surface area (Å²) in [7, 11) is 0. The fourth-order valence-corrected chi connectivity index (χ4v) is 2.80. The van der Waals surface area contributed by atoms with Crippen LogP contribution in [0, 0.1) is 0 Å². The number of aromatic nitrogens is 1. The smallest absolute Gasteiger partial charge is 0.240 e. The van der Waals surface area contributed by atoms with Crippen molar-refractivity contribution < 1.29 is 9.53 Å². The van der Waals surface area contributed by atoms with E-state index in [-0.39, 0.29) is 18.3 Å². The Morgan fingerprint density at radius 3 is 2.75 bits per heavy atom. The van der Waals surface area contributed by atoms with Gasteiger partial charge in [0.2, 0.25) is 5.91 Å². The van der Waals surface area contributed by atoms with Crippen LogP contribution in [0.15, 0.2) is 30.5 Å². The van der Waals surface area contributed by atoms with E-state index in [1.54, 1.807) is 6.92 Å². The van der Waals surface area contributed by atoms with Gasteiger partial charge >= 0.3 is 0 Å². The molecule has 2 aromatic rings. The Morgan fingerprint density at radius 2 is 2.04 bits per heavy atom. The molecule has 1 amide bonds. The second kappa shape index (κ2) is 8.48. The normalized spacial score (nSPS) is 16.6. The van der Waals surface area contributed by atoms with Crippen molar-refractivity contribution in [2.24, 2.45) is 5.73 Å². The summed E-state index contributed by atoms with van der Waals surface area (Å²) in [5.41, 5.74) is 7.54. The van der Waals surface area contributed by atoms with Gasteiger partial charge in [0.1, 0.15) is 0 Å². The van der Waals surface area contributed by atoms with Crippen LogP contribution in [0.1, 0.15) is 6.92 Å². The third-order valence-corrected chi connectivity index (χ3v) is 4.21. The number of amides is 1. The number of ether oxygens (including phenoxy) is 1. The number of anilines is 1. The summed E-state index contributed by atoms with van der Waals surface area (Å²) in [6.07, 6.45) is 2.10. The molecule has 1 atom stereocenters. The summed E-state index contributed by atoms with van der Waals surface area (Å²) in [6.45, 7) is 7.32. The molecule has 1 aromatic heterocycles. The molecule has 1 fully saturated rings. The van der Waals surface area contributed by atoms with Crippen LogP contribution in [0.25, 0.3) is 10.9 Å². The number of carbonyl (C=O) groups excluding carboxylic acids is 1. The first-order valence-corrected chi connectivity index (χ1v) is 8.09. The number of benzene rings is 1. The van der Waals surface area contributed by atoms with Crippen molar-refractivity contribution in [2.75, 3.05) is 38.2 Å². The molecule has 1 aliphatic rings. The lowest BCUT2D eigenvalue weighted by Gasteiger charge is -2.26. The number of hydrogen-bond donors (Lipinski definition) is 2. The maximum atomic E-state index is 11.7. The average Bonchev–Trinajstić information content (AvgIpc) is 2.96. The summed E-state index contributed by atoms with van der Waals surface area (Å²) in [4.78, 5) is 14.1. The Bertz CT molecular complexity index is 680. The van der Waals surface area contributed by atoms with Gasteiger partial charge in [-0.15, -0.1) is 12.4 Å². The van der Waals surface area contributed by atoms with Gasteiger partial charge in [-0.3, -0.25) is 9.69 Å². The monoisotopic (exact) mass is 352 g/mol. The Kier molecular flexibility index (Phi) is 6.62. The van der Waals surface area contributed by atoms with Crippen molar-refractivity contribution in [1.82, 2.24) is 9.47 Å². The first kappa shape index (κ1) is 18.7. The van der Waals surface area contributed by atoms with Gasteiger partial charge in [-0.1, -0.05) is 0 Å². The molecule has 1 saturated heterocycles. The molecule has 1 aromatic carbocycles. The predicted octanol–water partition coefficient (Wildman–Crippen LogP) is 1.68. The Hall–Kier alpha value is -1.60. The molecule has 3 N–H and O–H groups in total. The number of nitrogens with one attached hydrogen (secondary N) is 1. The number of rotatable bonds is 5. The van der Waals surface area contributed by atoms with Gasteiger partial charge < -0.3 is 20.4 Å². The number of halogens is 1. The summed E-state index contributed by atoms with van der Waals surface area (Å²) < 4.78 is 7.63. The molecule has 0 spiro atoms. The highest BCUT2D eigenvalue weighted by molar-refractivity contribution is 5.96. The highest BCUT2D eigenvalue weighted by Gasteiger charge is 2.11. The molecule has 0 radical (unpaired) electrons. The predicted molar refractivity (Wildman–Crippen MR) is 98.7 cm³/mol. The van der Waals surface area contributed by atoms with Crippen molar-refractivity contribution >= 4 is 34.9 Å². The van der Waals surface area contributed by atoms with E-state index >= 15 is 0 Å². The van der Waals surface area contributed by atoms with Gasteiger partial charge in [0.05, 0.1) is 19.3 Å². The summed E-state index contributed by atoms with van der Waals surface area (Å²) in [5.74, 6) is -0.170. The molecule has 0 bridgehead atoms. The first-order chi connectivity index (χ1) is 11.1. The standard InChI is InChI=1S/C17H24N4O2.ClH/c1-13(18)17(22)19-15-2-3-16-14(12-15)4-5-21(16)7-6-20-8-10-23-11-9-20;/h2-5,12-13H,6-11,18H2,1H3,(H,19,22);1H. The topological polar surface area (TPSA) is 72.5 Å². The molecule has 24 heavy (non-hydrogen) atoms. The van der Waals surface area contributed by atoms with E-state index in [0.29, 0.717) is 0 Å². The Morgan fingerprint density at radius 1 is 1.29 bits per heavy atom. The zero-order valence-corrected chi connectivity index (χ0v) is 14.7. The lowest BCUT2D eigenvalue weighted by atomic mass is 10.2. The van der Waals surface area contributed by atoms with Crippen LogP contribution in [0.4, 0.5) is 5.69 Å². The van der Waals surface area contributed by atoms with Crippen LogP contribution in [-0.2, 0) is 16.1 Å². The molecule has 0 aliphatic carbocycles. The van der Waals surface area contributed by atoms with Crippen LogP contribution in [-0.4, -0.2) is 54.3 Å². The summed E-state index contributed by atoms with van der Waals surface area (Å²) in [5, 5.41) is 3.95. The molecule has 0 saturated carbocycles. The lowest BCUT2D eigenvalue weighted by Crippen LogP contribution is -2.38. The summed E-state index contributed by atoms with van der Waals surface area (Å²) >= 11 is 0. The van der Waals surface area contributed by atoms with Crippen LogP contribution in [0.2, 0.25) is 0 Å². The number of nitrogens with zero attached hydrogens (tertiary/aromatic N) is 2. The second-order valence-electron chi connectivity index (χ2n) is 6.01. The minimum atomic E-state index is -0.510. The number of nitrogens with two attached hydrogens (primary N) is 1. The van der Waals surface area contributed by atoms with E-state index in [0.717, 1.165) is 50.5 Å². The van der Waals surface area contributed by atoms with E-state index in [1.165, 1.54) is 5.52 Å². The van der Waals surface area contributed by atoms with Crippen molar-refractivity contribution in [1.29, 1.82) is 0 Å². The third kappa shape index (κ3) is 4.48. The van der Waals surface area contributed by atoms with E-state index in [1.807, 2.05) is 18.2 Å². The van der Waals surface area contributed by atoms with Gasteiger partial charge in [0.25, 0.3) is 0 Å².